The van der Waals surface area contributed by atoms with E-state index >= 15 is 0 Å². The van der Waals surface area contributed by atoms with E-state index in [1.54, 1.807) is 5.56 Å². The molecule has 1 aromatic carbocycles. The van der Waals surface area contributed by atoms with Crippen LogP contribution in [-0.2, 0) is 0 Å². The summed E-state index contributed by atoms with van der Waals surface area (Å²) in [4.78, 5) is 0. The van der Waals surface area contributed by atoms with Crippen LogP contribution in [0, 0.1) is 12.8 Å². The molecule has 0 saturated heterocycles. The Morgan fingerprint density at radius 2 is 2.07 bits per heavy atom. The van der Waals surface area contributed by atoms with E-state index in [4.69, 9.17) is 0 Å². The lowest BCUT2D eigenvalue weighted by Gasteiger charge is -2.19. The lowest BCUT2D eigenvalue weighted by molar-refractivity contribution is 0.543. The van der Waals surface area contributed by atoms with Crippen molar-refractivity contribution >= 4 is 0 Å². The second-order valence-corrected chi connectivity index (χ2v) is 4.61. The molecule has 15 heavy (non-hydrogen) atoms. The highest BCUT2D eigenvalue weighted by molar-refractivity contribution is 5.30. The predicted molar refractivity (Wildman–Crippen MR) is 65.2 cm³/mol. The molecule has 0 bridgehead atoms. The Labute approximate surface area is 92.9 Å². The third-order valence-electron chi connectivity index (χ3n) is 3.39. The summed E-state index contributed by atoms with van der Waals surface area (Å²) >= 11 is 0. The molecule has 0 aliphatic heterocycles. The van der Waals surface area contributed by atoms with E-state index in [2.05, 4.69) is 43.4 Å². The van der Waals surface area contributed by atoms with Crippen molar-refractivity contribution in [2.45, 2.75) is 32.6 Å². The summed E-state index contributed by atoms with van der Waals surface area (Å²) in [5.41, 5.74) is 3.01. The van der Waals surface area contributed by atoms with Gasteiger partial charge in [0.15, 0.2) is 0 Å². The molecule has 2 rings (SSSR count). The standard InChI is InChI=1S/C14H21N/c1-3-15-10-14(12-8-9-12)13-7-5-4-6-11(13)2/h4-7,12,14-15H,3,8-10H2,1-2H3. The molecule has 0 spiro atoms. The summed E-state index contributed by atoms with van der Waals surface area (Å²) in [5, 5.41) is 3.50. The van der Waals surface area contributed by atoms with Gasteiger partial charge in [0.05, 0.1) is 0 Å². The Kier molecular flexibility index (Phi) is 3.42. The number of hydrogen-bond donors (Lipinski definition) is 1. The van der Waals surface area contributed by atoms with Crippen LogP contribution >= 0.6 is 0 Å². The van der Waals surface area contributed by atoms with Crippen molar-refractivity contribution in [3.05, 3.63) is 35.4 Å². The third-order valence-corrected chi connectivity index (χ3v) is 3.39. The lowest BCUT2D eigenvalue weighted by atomic mass is 9.90. The molecule has 0 radical (unpaired) electrons. The van der Waals surface area contributed by atoms with Gasteiger partial charge in [0.1, 0.15) is 0 Å². The minimum absolute atomic E-state index is 0.742. The fraction of sp³-hybridized carbons (Fsp3) is 0.571. The first-order valence-corrected chi connectivity index (χ1v) is 6.09. The topological polar surface area (TPSA) is 12.0 Å². The van der Waals surface area contributed by atoms with Crippen LogP contribution in [-0.4, -0.2) is 13.1 Å². The summed E-state index contributed by atoms with van der Waals surface area (Å²) in [6.07, 6.45) is 2.84. The van der Waals surface area contributed by atoms with E-state index < -0.39 is 0 Å². The maximum atomic E-state index is 3.50. The van der Waals surface area contributed by atoms with Crippen molar-refractivity contribution in [3.8, 4) is 0 Å². The minimum Gasteiger partial charge on any atom is -0.316 e. The van der Waals surface area contributed by atoms with Crippen LogP contribution in [0.25, 0.3) is 0 Å². The zero-order valence-electron chi connectivity index (χ0n) is 9.79. The largest absolute Gasteiger partial charge is 0.316 e. The van der Waals surface area contributed by atoms with Gasteiger partial charge in [-0.05, 0) is 49.3 Å². The van der Waals surface area contributed by atoms with Gasteiger partial charge in [-0.1, -0.05) is 31.2 Å². The molecule has 1 saturated carbocycles. The average Bonchev–Trinajstić information content (AvgIpc) is 3.05. The molecule has 1 fully saturated rings. The van der Waals surface area contributed by atoms with Crippen molar-refractivity contribution in [2.24, 2.45) is 5.92 Å². The van der Waals surface area contributed by atoms with Crippen LogP contribution in [0.2, 0.25) is 0 Å². The average molecular weight is 203 g/mol. The number of hydrogen-bond acceptors (Lipinski definition) is 1. The molecule has 1 N–H and O–H groups in total. The molecule has 1 aliphatic rings. The summed E-state index contributed by atoms with van der Waals surface area (Å²) in [6.45, 7) is 6.64. The summed E-state index contributed by atoms with van der Waals surface area (Å²) in [7, 11) is 0. The van der Waals surface area contributed by atoms with Gasteiger partial charge in [-0.3, -0.25) is 0 Å². The quantitative estimate of drug-likeness (QED) is 0.775. The van der Waals surface area contributed by atoms with Gasteiger partial charge in [-0.25, -0.2) is 0 Å². The summed E-state index contributed by atoms with van der Waals surface area (Å²) in [6, 6.07) is 8.84. The first-order valence-electron chi connectivity index (χ1n) is 6.09. The predicted octanol–water partition coefficient (Wildman–Crippen LogP) is 3.10. The molecular weight excluding hydrogens is 182 g/mol. The van der Waals surface area contributed by atoms with Gasteiger partial charge in [0, 0.05) is 6.54 Å². The van der Waals surface area contributed by atoms with E-state index in [0.29, 0.717) is 0 Å². The highest BCUT2D eigenvalue weighted by Gasteiger charge is 2.32. The fourth-order valence-corrected chi connectivity index (χ4v) is 2.33. The van der Waals surface area contributed by atoms with Crippen LogP contribution in [0.1, 0.15) is 36.8 Å². The Bertz CT molecular complexity index is 315. The zero-order valence-corrected chi connectivity index (χ0v) is 9.79. The minimum atomic E-state index is 0.742. The van der Waals surface area contributed by atoms with Crippen molar-refractivity contribution in [1.29, 1.82) is 0 Å². The molecule has 1 atom stereocenters. The smallest absolute Gasteiger partial charge is 0.00228 e. The van der Waals surface area contributed by atoms with E-state index in [-0.39, 0.29) is 0 Å². The second kappa shape index (κ2) is 4.80. The highest BCUT2D eigenvalue weighted by Crippen LogP contribution is 2.43. The third kappa shape index (κ3) is 2.60. The molecule has 1 aromatic rings. The van der Waals surface area contributed by atoms with E-state index in [1.165, 1.54) is 18.4 Å². The Hall–Kier alpha value is -0.820. The zero-order chi connectivity index (χ0) is 10.7. The molecular formula is C14H21N. The van der Waals surface area contributed by atoms with Crippen LogP contribution < -0.4 is 5.32 Å². The van der Waals surface area contributed by atoms with Gasteiger partial charge in [0.25, 0.3) is 0 Å². The molecule has 0 heterocycles. The summed E-state index contributed by atoms with van der Waals surface area (Å²) < 4.78 is 0. The van der Waals surface area contributed by atoms with Gasteiger partial charge in [0.2, 0.25) is 0 Å². The molecule has 1 nitrogen and oxygen atoms in total. The molecule has 1 heteroatoms. The van der Waals surface area contributed by atoms with Crippen molar-refractivity contribution in [2.75, 3.05) is 13.1 Å². The van der Waals surface area contributed by atoms with Crippen LogP contribution in [0.5, 0.6) is 0 Å². The Morgan fingerprint density at radius 1 is 1.33 bits per heavy atom. The normalized spacial score (nSPS) is 17.7. The first-order chi connectivity index (χ1) is 7.33. The number of benzene rings is 1. The van der Waals surface area contributed by atoms with E-state index in [0.717, 1.165) is 24.9 Å². The summed E-state index contributed by atoms with van der Waals surface area (Å²) in [5.74, 6) is 1.68. The van der Waals surface area contributed by atoms with Crippen LogP contribution in [0.3, 0.4) is 0 Å². The van der Waals surface area contributed by atoms with Crippen molar-refractivity contribution in [3.63, 3.8) is 0 Å². The van der Waals surface area contributed by atoms with Gasteiger partial charge in [-0.2, -0.15) is 0 Å². The van der Waals surface area contributed by atoms with Crippen LogP contribution in [0.4, 0.5) is 0 Å². The monoisotopic (exact) mass is 203 g/mol. The molecule has 0 amide bonds. The van der Waals surface area contributed by atoms with Gasteiger partial charge >= 0.3 is 0 Å². The van der Waals surface area contributed by atoms with E-state index in [1.807, 2.05) is 0 Å². The van der Waals surface area contributed by atoms with Crippen molar-refractivity contribution in [1.82, 2.24) is 5.32 Å². The fourth-order valence-electron chi connectivity index (χ4n) is 2.33. The Morgan fingerprint density at radius 3 is 2.67 bits per heavy atom. The van der Waals surface area contributed by atoms with Crippen LogP contribution in [0.15, 0.2) is 24.3 Å². The molecule has 82 valence electrons. The second-order valence-electron chi connectivity index (χ2n) is 4.61. The number of aryl methyl sites for hydroxylation is 1. The highest BCUT2D eigenvalue weighted by atomic mass is 14.8. The maximum absolute atomic E-state index is 3.50. The number of nitrogens with one attached hydrogen (secondary N) is 1. The van der Waals surface area contributed by atoms with Crippen molar-refractivity contribution < 1.29 is 0 Å². The molecule has 0 aromatic heterocycles. The van der Waals surface area contributed by atoms with Gasteiger partial charge < -0.3 is 5.32 Å². The molecule has 1 unspecified atom stereocenters. The maximum Gasteiger partial charge on any atom is 0.00228 e. The van der Waals surface area contributed by atoms with E-state index in [9.17, 15) is 0 Å². The Balaban J connectivity index is 2.13. The molecule has 1 aliphatic carbocycles. The number of likely N-dealkylation sites (N-methyl/N-ethyl adjacent to an activating group) is 1. The van der Waals surface area contributed by atoms with Gasteiger partial charge in [-0.15, -0.1) is 0 Å². The number of rotatable bonds is 5. The first kappa shape index (κ1) is 10.7. The lowest BCUT2D eigenvalue weighted by Crippen LogP contribution is -2.22. The SMILES string of the molecule is CCNCC(c1ccccc1C)C1CC1.